The molecule has 3 aromatic rings. The van der Waals surface area contributed by atoms with E-state index in [9.17, 15) is 9.59 Å². The molecule has 0 spiro atoms. The lowest BCUT2D eigenvalue weighted by Crippen LogP contribution is -2.23. The second-order valence-electron chi connectivity index (χ2n) is 5.92. The quantitative estimate of drug-likeness (QED) is 0.541. The normalized spacial score (nSPS) is 10.3. The molecule has 0 bridgehead atoms. The van der Waals surface area contributed by atoms with Crippen LogP contribution >= 0.6 is 11.3 Å². The molecule has 0 fully saturated rings. The van der Waals surface area contributed by atoms with Crippen LogP contribution in [0.2, 0.25) is 0 Å². The van der Waals surface area contributed by atoms with Crippen molar-refractivity contribution in [1.29, 1.82) is 0 Å². The molecule has 0 saturated heterocycles. The molecule has 0 aliphatic heterocycles. The number of nitrogens with zero attached hydrogens (tertiary/aromatic N) is 2. The van der Waals surface area contributed by atoms with Crippen molar-refractivity contribution in [3.63, 3.8) is 0 Å². The molecule has 8 heteroatoms. The lowest BCUT2D eigenvalue weighted by molar-refractivity contribution is -0.115. The SMILES string of the molecule is COc1ccccc1C(=O)OCc1csc(N(C(C)=O)c2ccccc2OC)n1. The highest BCUT2D eigenvalue weighted by Gasteiger charge is 2.21. The number of thiazole rings is 1. The van der Waals surface area contributed by atoms with Crippen molar-refractivity contribution in [3.8, 4) is 11.5 Å². The van der Waals surface area contributed by atoms with Crippen LogP contribution in [0.4, 0.5) is 10.8 Å². The standard InChI is InChI=1S/C21H20N2O5S/c1-14(24)23(17-9-5-7-11-19(17)27-3)21-22-15(13-29-21)12-28-20(25)16-8-4-6-10-18(16)26-2/h4-11,13H,12H2,1-3H3. The maximum atomic E-state index is 12.3. The van der Waals surface area contributed by atoms with Crippen LogP contribution in [0, 0.1) is 0 Å². The van der Waals surface area contributed by atoms with Gasteiger partial charge in [0.15, 0.2) is 5.13 Å². The van der Waals surface area contributed by atoms with E-state index >= 15 is 0 Å². The number of benzene rings is 2. The molecule has 0 aliphatic carbocycles. The highest BCUT2D eigenvalue weighted by Crippen LogP contribution is 2.35. The van der Waals surface area contributed by atoms with E-state index in [0.717, 1.165) is 0 Å². The van der Waals surface area contributed by atoms with Gasteiger partial charge in [0.2, 0.25) is 5.91 Å². The van der Waals surface area contributed by atoms with E-state index in [1.165, 1.54) is 30.3 Å². The first-order valence-electron chi connectivity index (χ1n) is 8.73. The third-order valence-corrected chi connectivity index (χ3v) is 4.92. The topological polar surface area (TPSA) is 78.0 Å². The van der Waals surface area contributed by atoms with E-state index in [1.807, 2.05) is 12.1 Å². The predicted octanol–water partition coefficient (Wildman–Crippen LogP) is 4.20. The van der Waals surface area contributed by atoms with E-state index in [-0.39, 0.29) is 12.5 Å². The maximum absolute atomic E-state index is 12.3. The third kappa shape index (κ3) is 4.55. The average Bonchev–Trinajstić information content (AvgIpc) is 3.20. The summed E-state index contributed by atoms with van der Waals surface area (Å²) in [5.74, 6) is 0.281. The van der Waals surface area contributed by atoms with E-state index in [2.05, 4.69) is 4.98 Å². The van der Waals surface area contributed by atoms with Crippen LogP contribution in [0.1, 0.15) is 23.0 Å². The Morgan fingerprint density at radius 2 is 1.66 bits per heavy atom. The number of methoxy groups -OCH3 is 2. The molecule has 1 aromatic heterocycles. The van der Waals surface area contributed by atoms with Gasteiger partial charge in [-0.05, 0) is 24.3 Å². The molecular weight excluding hydrogens is 392 g/mol. The molecule has 1 heterocycles. The zero-order valence-corrected chi connectivity index (χ0v) is 17.1. The van der Waals surface area contributed by atoms with Gasteiger partial charge in [-0.1, -0.05) is 24.3 Å². The fraction of sp³-hybridized carbons (Fsp3) is 0.190. The Morgan fingerprint density at radius 3 is 2.34 bits per heavy atom. The molecular formula is C21H20N2O5S. The largest absolute Gasteiger partial charge is 0.496 e. The minimum Gasteiger partial charge on any atom is -0.496 e. The van der Waals surface area contributed by atoms with Crippen LogP contribution in [0.15, 0.2) is 53.9 Å². The fourth-order valence-corrected chi connectivity index (χ4v) is 3.58. The van der Waals surface area contributed by atoms with E-state index in [0.29, 0.717) is 33.6 Å². The Bertz CT molecular complexity index is 1020. The number of amides is 1. The van der Waals surface area contributed by atoms with E-state index < -0.39 is 5.97 Å². The highest BCUT2D eigenvalue weighted by molar-refractivity contribution is 7.14. The fourth-order valence-electron chi connectivity index (χ4n) is 2.72. The molecule has 0 aliphatic rings. The van der Waals surface area contributed by atoms with Crippen molar-refractivity contribution in [2.45, 2.75) is 13.5 Å². The Balaban J connectivity index is 1.77. The van der Waals surface area contributed by atoms with Crippen molar-refractivity contribution in [3.05, 3.63) is 65.2 Å². The van der Waals surface area contributed by atoms with Gasteiger partial charge in [-0.2, -0.15) is 0 Å². The van der Waals surface area contributed by atoms with Gasteiger partial charge in [0, 0.05) is 12.3 Å². The van der Waals surface area contributed by atoms with Crippen molar-refractivity contribution in [2.75, 3.05) is 19.1 Å². The van der Waals surface area contributed by atoms with Crippen LogP contribution < -0.4 is 14.4 Å². The third-order valence-electron chi connectivity index (χ3n) is 4.05. The van der Waals surface area contributed by atoms with Crippen molar-refractivity contribution in [1.82, 2.24) is 4.98 Å². The number of hydrogen-bond donors (Lipinski definition) is 0. The first kappa shape index (κ1) is 20.3. The maximum Gasteiger partial charge on any atom is 0.342 e. The lowest BCUT2D eigenvalue weighted by Gasteiger charge is -2.20. The number of carbonyl (C=O) groups is 2. The predicted molar refractivity (Wildman–Crippen MR) is 110 cm³/mol. The Hall–Kier alpha value is -3.39. The molecule has 7 nitrogen and oxygen atoms in total. The summed E-state index contributed by atoms with van der Waals surface area (Å²) in [6.07, 6.45) is 0. The summed E-state index contributed by atoms with van der Waals surface area (Å²) in [5.41, 5.74) is 1.47. The highest BCUT2D eigenvalue weighted by atomic mass is 32.1. The number of aromatic nitrogens is 1. The van der Waals surface area contributed by atoms with E-state index in [1.54, 1.807) is 48.9 Å². The number of para-hydroxylation sites is 3. The minimum atomic E-state index is -0.509. The van der Waals surface area contributed by atoms with Crippen LogP contribution in [-0.4, -0.2) is 31.1 Å². The van der Waals surface area contributed by atoms with Crippen molar-refractivity contribution in [2.24, 2.45) is 0 Å². The molecule has 0 atom stereocenters. The first-order chi connectivity index (χ1) is 14.0. The first-order valence-corrected chi connectivity index (χ1v) is 9.61. The summed E-state index contributed by atoms with van der Waals surface area (Å²) in [7, 11) is 3.04. The van der Waals surface area contributed by atoms with Gasteiger partial charge in [0.25, 0.3) is 0 Å². The van der Waals surface area contributed by atoms with Gasteiger partial charge in [0.1, 0.15) is 23.7 Å². The smallest absolute Gasteiger partial charge is 0.342 e. The van der Waals surface area contributed by atoms with Gasteiger partial charge >= 0.3 is 5.97 Å². The van der Waals surface area contributed by atoms with Crippen molar-refractivity contribution >= 4 is 34.0 Å². The molecule has 2 aromatic carbocycles. The number of rotatable bonds is 7. The second-order valence-corrected chi connectivity index (χ2v) is 6.76. The molecule has 0 saturated carbocycles. The molecule has 29 heavy (non-hydrogen) atoms. The van der Waals surface area contributed by atoms with Gasteiger partial charge in [-0.25, -0.2) is 9.78 Å². The summed E-state index contributed by atoms with van der Waals surface area (Å²) >= 11 is 1.28. The molecule has 0 unspecified atom stereocenters. The van der Waals surface area contributed by atoms with Crippen LogP contribution in [-0.2, 0) is 16.1 Å². The number of carbonyl (C=O) groups excluding carboxylic acids is 2. The van der Waals surface area contributed by atoms with Gasteiger partial charge in [0.05, 0.1) is 25.6 Å². The van der Waals surface area contributed by atoms with Gasteiger partial charge < -0.3 is 14.2 Å². The Kier molecular flexibility index (Phi) is 6.46. The van der Waals surface area contributed by atoms with Crippen LogP contribution in [0.3, 0.4) is 0 Å². The summed E-state index contributed by atoms with van der Waals surface area (Å²) in [5, 5.41) is 2.21. The summed E-state index contributed by atoms with van der Waals surface area (Å²) in [6, 6.07) is 14.0. The monoisotopic (exact) mass is 412 g/mol. The van der Waals surface area contributed by atoms with Gasteiger partial charge in [-0.3, -0.25) is 9.69 Å². The van der Waals surface area contributed by atoms with Gasteiger partial charge in [-0.15, -0.1) is 11.3 Å². The zero-order chi connectivity index (χ0) is 20.8. The number of hydrogen-bond acceptors (Lipinski definition) is 7. The molecule has 1 amide bonds. The molecule has 0 radical (unpaired) electrons. The van der Waals surface area contributed by atoms with Crippen LogP contribution in [0.5, 0.6) is 11.5 Å². The lowest BCUT2D eigenvalue weighted by atomic mass is 10.2. The van der Waals surface area contributed by atoms with E-state index in [4.69, 9.17) is 14.2 Å². The number of ether oxygens (including phenoxy) is 3. The zero-order valence-electron chi connectivity index (χ0n) is 16.2. The molecule has 3 rings (SSSR count). The number of anilines is 2. The molecule has 150 valence electrons. The summed E-state index contributed by atoms with van der Waals surface area (Å²) in [4.78, 5) is 30.5. The Labute approximate surface area is 172 Å². The Morgan fingerprint density at radius 1 is 1.00 bits per heavy atom. The summed E-state index contributed by atoms with van der Waals surface area (Å²) < 4.78 is 15.9. The molecule has 0 N–H and O–H groups in total. The second kappa shape index (κ2) is 9.20. The summed E-state index contributed by atoms with van der Waals surface area (Å²) in [6.45, 7) is 1.43. The number of esters is 1. The van der Waals surface area contributed by atoms with Crippen LogP contribution in [0.25, 0.3) is 0 Å². The average molecular weight is 412 g/mol. The minimum absolute atomic E-state index is 0.0228. The van der Waals surface area contributed by atoms with Crippen molar-refractivity contribution < 1.29 is 23.8 Å².